The monoisotopic (exact) mass is 485 g/mol. The number of carbonyl (C=O) groups excluding carboxylic acids is 1. The Morgan fingerprint density at radius 3 is 2.35 bits per heavy atom. The Kier molecular flexibility index (Phi) is 7.67. The number of carbonyl (C=O) groups is 1. The quantitative estimate of drug-likeness (QED) is 0.579. The fourth-order valence-corrected chi connectivity index (χ4v) is 5.45. The SMILES string of the molecule is Cc1ccc(S(=O)(=O)N[C@@H]2C=C[C@@H](CC(=O)N3CCN(c4ccccc4)CC3)O[C@H]2CO)cc1. The summed E-state index contributed by atoms with van der Waals surface area (Å²) < 4.78 is 33.9. The van der Waals surface area contributed by atoms with Gasteiger partial charge >= 0.3 is 0 Å². The predicted octanol–water partition coefficient (Wildman–Crippen LogP) is 1.70. The van der Waals surface area contributed by atoms with Crippen LogP contribution in [0, 0.1) is 6.92 Å². The molecule has 1 saturated heterocycles. The fraction of sp³-hybridized carbons (Fsp3) is 0.400. The average Bonchev–Trinajstić information content (AvgIpc) is 2.85. The van der Waals surface area contributed by atoms with Crippen LogP contribution in [0.5, 0.6) is 0 Å². The third-order valence-electron chi connectivity index (χ3n) is 6.22. The Balaban J connectivity index is 1.32. The molecule has 34 heavy (non-hydrogen) atoms. The Morgan fingerprint density at radius 2 is 1.71 bits per heavy atom. The largest absolute Gasteiger partial charge is 0.394 e. The Bertz CT molecular complexity index is 1100. The van der Waals surface area contributed by atoms with E-state index in [0.717, 1.165) is 24.3 Å². The maximum atomic E-state index is 12.8. The van der Waals surface area contributed by atoms with Crippen LogP contribution in [0.15, 0.2) is 71.6 Å². The smallest absolute Gasteiger partial charge is 0.241 e. The molecule has 0 radical (unpaired) electrons. The second-order valence-electron chi connectivity index (χ2n) is 8.65. The van der Waals surface area contributed by atoms with E-state index in [2.05, 4.69) is 21.8 Å². The van der Waals surface area contributed by atoms with Crippen LogP contribution in [0.3, 0.4) is 0 Å². The van der Waals surface area contributed by atoms with Crippen LogP contribution in [0.2, 0.25) is 0 Å². The highest BCUT2D eigenvalue weighted by Gasteiger charge is 2.32. The number of piperazine rings is 1. The molecular formula is C25H31N3O5S. The molecule has 182 valence electrons. The van der Waals surface area contributed by atoms with Gasteiger partial charge in [0, 0.05) is 31.9 Å². The summed E-state index contributed by atoms with van der Waals surface area (Å²) in [6, 6.07) is 15.9. The molecule has 2 N–H and O–H groups in total. The first kappa shape index (κ1) is 24.4. The number of aliphatic hydroxyl groups is 1. The first-order valence-electron chi connectivity index (χ1n) is 11.5. The van der Waals surface area contributed by atoms with Crippen molar-refractivity contribution in [3.8, 4) is 0 Å². The van der Waals surface area contributed by atoms with E-state index in [1.54, 1.807) is 24.3 Å². The molecule has 0 spiro atoms. The summed E-state index contributed by atoms with van der Waals surface area (Å²) in [5.41, 5.74) is 2.11. The number of benzene rings is 2. The lowest BCUT2D eigenvalue weighted by Gasteiger charge is -2.37. The zero-order valence-corrected chi connectivity index (χ0v) is 20.0. The van der Waals surface area contributed by atoms with Gasteiger partial charge in [0.25, 0.3) is 0 Å². The van der Waals surface area contributed by atoms with Crippen LogP contribution in [0.4, 0.5) is 5.69 Å². The molecule has 1 amide bonds. The standard InChI is InChI=1S/C25H31N3O5S/c1-19-7-10-22(11-8-19)34(31,32)26-23-12-9-21(33-24(23)18-29)17-25(30)28-15-13-27(14-16-28)20-5-3-2-4-6-20/h2-12,21,23-24,26,29H,13-18H2,1H3/t21-,23+,24-/m0/s1. The van der Waals surface area contributed by atoms with Gasteiger partial charge < -0.3 is 19.6 Å². The van der Waals surface area contributed by atoms with E-state index >= 15 is 0 Å². The van der Waals surface area contributed by atoms with E-state index in [9.17, 15) is 18.3 Å². The van der Waals surface area contributed by atoms with E-state index in [0.29, 0.717) is 13.1 Å². The number of aliphatic hydroxyl groups excluding tert-OH is 1. The lowest BCUT2D eigenvalue weighted by molar-refractivity contribution is -0.135. The average molecular weight is 486 g/mol. The van der Waals surface area contributed by atoms with Gasteiger partial charge in [-0.05, 0) is 31.2 Å². The van der Waals surface area contributed by atoms with E-state index in [1.807, 2.05) is 30.0 Å². The van der Waals surface area contributed by atoms with Gasteiger partial charge in [-0.3, -0.25) is 4.79 Å². The van der Waals surface area contributed by atoms with Crippen LogP contribution in [0.1, 0.15) is 12.0 Å². The third kappa shape index (κ3) is 5.85. The fourth-order valence-electron chi connectivity index (χ4n) is 4.23. The first-order chi connectivity index (χ1) is 16.4. The minimum Gasteiger partial charge on any atom is -0.394 e. The van der Waals surface area contributed by atoms with Crippen LogP contribution in [-0.4, -0.2) is 75.4 Å². The summed E-state index contributed by atoms with van der Waals surface area (Å²) in [5, 5.41) is 9.81. The molecule has 0 aromatic heterocycles. The molecule has 1 fully saturated rings. The molecule has 4 rings (SSSR count). The summed E-state index contributed by atoms with van der Waals surface area (Å²) in [6.07, 6.45) is 2.22. The Labute approximate surface area is 200 Å². The van der Waals surface area contributed by atoms with Gasteiger partial charge in [0.05, 0.1) is 30.1 Å². The summed E-state index contributed by atoms with van der Waals surface area (Å²) in [5.74, 6) is -0.0160. The van der Waals surface area contributed by atoms with Crippen LogP contribution in [-0.2, 0) is 19.6 Å². The lowest BCUT2D eigenvalue weighted by Crippen LogP contribution is -2.51. The molecule has 2 aromatic carbocycles. The van der Waals surface area contributed by atoms with Gasteiger partial charge in [0.1, 0.15) is 6.10 Å². The summed E-state index contributed by atoms with van der Waals surface area (Å²) in [4.78, 5) is 17.1. The van der Waals surface area contributed by atoms with Gasteiger partial charge in [0.2, 0.25) is 15.9 Å². The van der Waals surface area contributed by atoms with E-state index in [4.69, 9.17) is 4.74 Å². The molecule has 0 aliphatic carbocycles. The van der Waals surface area contributed by atoms with Crippen LogP contribution < -0.4 is 9.62 Å². The molecule has 8 nitrogen and oxygen atoms in total. The van der Waals surface area contributed by atoms with E-state index in [-0.39, 0.29) is 23.8 Å². The molecule has 2 aliphatic rings. The van der Waals surface area contributed by atoms with Crippen LogP contribution >= 0.6 is 0 Å². The summed E-state index contributed by atoms with van der Waals surface area (Å²) in [6.45, 7) is 4.30. The number of sulfonamides is 1. The Morgan fingerprint density at radius 1 is 1.03 bits per heavy atom. The lowest BCUT2D eigenvalue weighted by atomic mass is 10.1. The van der Waals surface area contributed by atoms with Crippen molar-refractivity contribution in [1.82, 2.24) is 9.62 Å². The number of nitrogens with one attached hydrogen (secondary N) is 1. The predicted molar refractivity (Wildman–Crippen MR) is 130 cm³/mol. The molecule has 2 aromatic rings. The highest BCUT2D eigenvalue weighted by molar-refractivity contribution is 7.89. The van der Waals surface area contributed by atoms with Crippen molar-refractivity contribution < 1.29 is 23.1 Å². The van der Waals surface area contributed by atoms with Crippen molar-refractivity contribution in [2.75, 3.05) is 37.7 Å². The van der Waals surface area contributed by atoms with Gasteiger partial charge in [-0.2, -0.15) is 0 Å². The molecule has 2 aliphatic heterocycles. The highest BCUT2D eigenvalue weighted by atomic mass is 32.2. The zero-order valence-electron chi connectivity index (χ0n) is 19.2. The number of rotatable bonds is 7. The second-order valence-corrected chi connectivity index (χ2v) is 10.4. The van der Waals surface area contributed by atoms with Crippen molar-refractivity contribution in [2.45, 2.75) is 36.5 Å². The topological polar surface area (TPSA) is 99.2 Å². The third-order valence-corrected chi connectivity index (χ3v) is 7.69. The Hall–Kier alpha value is -2.72. The second kappa shape index (κ2) is 10.7. The molecule has 0 bridgehead atoms. The highest BCUT2D eigenvalue weighted by Crippen LogP contribution is 2.21. The van der Waals surface area contributed by atoms with Crippen molar-refractivity contribution in [3.05, 3.63) is 72.3 Å². The van der Waals surface area contributed by atoms with Crippen LogP contribution in [0.25, 0.3) is 0 Å². The van der Waals surface area contributed by atoms with Crippen molar-refractivity contribution in [3.63, 3.8) is 0 Å². The molecule has 2 heterocycles. The van der Waals surface area contributed by atoms with E-state index < -0.39 is 28.3 Å². The molecular weight excluding hydrogens is 454 g/mol. The molecule has 3 atom stereocenters. The normalized spacial score (nSPS) is 23.2. The van der Waals surface area contributed by atoms with Crippen molar-refractivity contribution in [2.24, 2.45) is 0 Å². The van der Waals surface area contributed by atoms with Crippen molar-refractivity contribution >= 4 is 21.6 Å². The molecule has 0 saturated carbocycles. The number of ether oxygens (including phenoxy) is 1. The minimum absolute atomic E-state index is 0.0160. The van der Waals surface area contributed by atoms with Gasteiger partial charge in [0.15, 0.2) is 0 Å². The number of para-hydroxylation sites is 1. The maximum Gasteiger partial charge on any atom is 0.241 e. The number of hydrogen-bond acceptors (Lipinski definition) is 6. The van der Waals surface area contributed by atoms with Gasteiger partial charge in [-0.1, -0.05) is 48.0 Å². The first-order valence-corrected chi connectivity index (χ1v) is 13.0. The number of hydrogen-bond donors (Lipinski definition) is 2. The molecule has 9 heteroatoms. The van der Waals surface area contributed by atoms with E-state index in [1.165, 1.54) is 12.1 Å². The number of aryl methyl sites for hydroxylation is 1. The summed E-state index contributed by atoms with van der Waals surface area (Å²) >= 11 is 0. The van der Waals surface area contributed by atoms with Crippen molar-refractivity contribution in [1.29, 1.82) is 0 Å². The zero-order chi connectivity index (χ0) is 24.1. The minimum atomic E-state index is -3.78. The number of anilines is 1. The number of amides is 1. The summed E-state index contributed by atoms with van der Waals surface area (Å²) in [7, 11) is -3.78. The molecule has 0 unspecified atom stereocenters. The maximum absolute atomic E-state index is 12.8. The van der Waals surface area contributed by atoms with Gasteiger partial charge in [-0.15, -0.1) is 0 Å². The number of nitrogens with zero attached hydrogens (tertiary/aromatic N) is 2. The van der Waals surface area contributed by atoms with Gasteiger partial charge in [-0.25, -0.2) is 13.1 Å².